The smallest absolute Gasteiger partial charge is 0.234 e. The standard InChI is InChI=1S/C26H27BrN4O2S/c1-16(2)21-13-19(27)10-11-22(21)28-25(32)15-34-26-30-29-24(31(26)4)14-33-23-12-9-18-7-5-6-8-20(18)17(23)3/h5-13,16H,14-15H2,1-4H3,(H,28,32). The van der Waals surface area contributed by atoms with Gasteiger partial charge in [-0.1, -0.05) is 71.9 Å². The highest BCUT2D eigenvalue weighted by Gasteiger charge is 2.15. The second kappa shape index (κ2) is 10.6. The summed E-state index contributed by atoms with van der Waals surface area (Å²) in [6, 6.07) is 18.2. The van der Waals surface area contributed by atoms with E-state index in [0.29, 0.717) is 23.5 Å². The summed E-state index contributed by atoms with van der Waals surface area (Å²) in [5, 5.41) is 14.6. The minimum absolute atomic E-state index is 0.0817. The molecule has 8 heteroatoms. The van der Waals surface area contributed by atoms with Crippen LogP contribution in [0.25, 0.3) is 10.8 Å². The zero-order chi connectivity index (χ0) is 24.2. The van der Waals surface area contributed by atoms with E-state index in [0.717, 1.165) is 27.0 Å². The van der Waals surface area contributed by atoms with Gasteiger partial charge in [-0.25, -0.2) is 0 Å². The minimum Gasteiger partial charge on any atom is -0.485 e. The fourth-order valence-corrected chi connectivity index (χ4v) is 4.85. The van der Waals surface area contributed by atoms with Crippen LogP contribution >= 0.6 is 27.7 Å². The van der Waals surface area contributed by atoms with Crippen LogP contribution in [0.15, 0.2) is 64.2 Å². The van der Waals surface area contributed by atoms with Gasteiger partial charge in [-0.3, -0.25) is 4.79 Å². The van der Waals surface area contributed by atoms with Crippen molar-refractivity contribution < 1.29 is 9.53 Å². The first-order chi connectivity index (χ1) is 16.3. The van der Waals surface area contributed by atoms with Crippen LogP contribution in [0.3, 0.4) is 0 Å². The number of thioether (sulfide) groups is 1. The molecular formula is C26H27BrN4O2S. The van der Waals surface area contributed by atoms with Crippen LogP contribution in [0.2, 0.25) is 0 Å². The van der Waals surface area contributed by atoms with Crippen molar-refractivity contribution in [1.29, 1.82) is 0 Å². The van der Waals surface area contributed by atoms with Crippen molar-refractivity contribution in [3.05, 3.63) is 76.0 Å². The number of nitrogens with zero attached hydrogens (tertiary/aromatic N) is 3. The molecule has 1 aromatic heterocycles. The normalized spacial score (nSPS) is 11.2. The van der Waals surface area contributed by atoms with E-state index in [2.05, 4.69) is 70.4 Å². The summed E-state index contributed by atoms with van der Waals surface area (Å²) in [4.78, 5) is 12.6. The molecule has 0 fully saturated rings. The lowest BCUT2D eigenvalue weighted by atomic mass is 10.0. The van der Waals surface area contributed by atoms with Crippen LogP contribution in [0.5, 0.6) is 5.75 Å². The molecule has 0 saturated heterocycles. The Morgan fingerprint density at radius 2 is 1.94 bits per heavy atom. The van der Waals surface area contributed by atoms with E-state index in [1.54, 1.807) is 0 Å². The Bertz CT molecular complexity index is 1340. The zero-order valence-electron chi connectivity index (χ0n) is 19.6. The number of fused-ring (bicyclic) bond motifs is 1. The average Bonchev–Trinajstić information content (AvgIpc) is 3.17. The summed E-state index contributed by atoms with van der Waals surface area (Å²) in [6.45, 7) is 6.57. The highest BCUT2D eigenvalue weighted by atomic mass is 79.9. The first kappa shape index (κ1) is 24.3. The summed E-state index contributed by atoms with van der Waals surface area (Å²) in [5.74, 6) is 1.98. The molecule has 0 aliphatic heterocycles. The van der Waals surface area contributed by atoms with Gasteiger partial charge >= 0.3 is 0 Å². The van der Waals surface area contributed by atoms with Crippen molar-refractivity contribution in [3.8, 4) is 5.75 Å². The molecule has 0 bridgehead atoms. The van der Waals surface area contributed by atoms with Gasteiger partial charge < -0.3 is 14.6 Å². The van der Waals surface area contributed by atoms with E-state index in [4.69, 9.17) is 4.74 Å². The number of benzene rings is 3. The largest absolute Gasteiger partial charge is 0.485 e. The molecular weight excluding hydrogens is 512 g/mol. The number of anilines is 1. The number of hydrogen-bond donors (Lipinski definition) is 1. The number of carbonyl (C=O) groups is 1. The summed E-state index contributed by atoms with van der Waals surface area (Å²) >= 11 is 4.85. The third kappa shape index (κ3) is 5.45. The number of carbonyl (C=O) groups excluding carboxylic acids is 1. The number of aromatic nitrogens is 3. The first-order valence-corrected chi connectivity index (χ1v) is 12.8. The predicted molar refractivity (Wildman–Crippen MR) is 142 cm³/mol. The van der Waals surface area contributed by atoms with Gasteiger partial charge in [0.15, 0.2) is 11.0 Å². The summed E-state index contributed by atoms with van der Waals surface area (Å²) < 4.78 is 8.92. The molecule has 1 N–H and O–H groups in total. The molecule has 4 rings (SSSR count). The Kier molecular flexibility index (Phi) is 7.58. The molecule has 4 aromatic rings. The molecule has 0 radical (unpaired) electrons. The molecule has 176 valence electrons. The minimum atomic E-state index is -0.0817. The van der Waals surface area contributed by atoms with Crippen LogP contribution < -0.4 is 10.1 Å². The number of rotatable bonds is 8. The maximum Gasteiger partial charge on any atom is 0.234 e. The summed E-state index contributed by atoms with van der Waals surface area (Å²) in [6.07, 6.45) is 0. The number of aryl methyl sites for hydroxylation is 1. The molecule has 0 atom stereocenters. The van der Waals surface area contributed by atoms with Crippen LogP contribution in [0.4, 0.5) is 5.69 Å². The van der Waals surface area contributed by atoms with Gasteiger partial charge in [0.25, 0.3) is 0 Å². The zero-order valence-corrected chi connectivity index (χ0v) is 22.0. The van der Waals surface area contributed by atoms with Crippen molar-refractivity contribution in [2.75, 3.05) is 11.1 Å². The number of ether oxygens (including phenoxy) is 1. The topological polar surface area (TPSA) is 69.0 Å². The SMILES string of the molecule is Cc1c(OCc2nnc(SCC(=O)Nc3ccc(Br)cc3C(C)C)n2C)ccc2ccccc12. The maximum absolute atomic E-state index is 12.6. The van der Waals surface area contributed by atoms with E-state index in [1.165, 1.54) is 22.5 Å². The van der Waals surface area contributed by atoms with E-state index in [-0.39, 0.29) is 11.7 Å². The monoisotopic (exact) mass is 538 g/mol. The van der Waals surface area contributed by atoms with Crippen LogP contribution in [-0.2, 0) is 18.4 Å². The van der Waals surface area contributed by atoms with E-state index in [1.807, 2.05) is 48.0 Å². The van der Waals surface area contributed by atoms with Gasteiger partial charge in [-0.15, -0.1) is 10.2 Å². The Morgan fingerprint density at radius 3 is 2.74 bits per heavy atom. The Morgan fingerprint density at radius 1 is 1.15 bits per heavy atom. The Balaban J connectivity index is 1.37. The lowest BCUT2D eigenvalue weighted by Crippen LogP contribution is -2.16. The Hall–Kier alpha value is -2.84. The third-order valence-electron chi connectivity index (χ3n) is 5.67. The molecule has 0 aliphatic rings. The maximum atomic E-state index is 12.6. The highest BCUT2D eigenvalue weighted by Crippen LogP contribution is 2.29. The van der Waals surface area contributed by atoms with Crippen molar-refractivity contribution in [1.82, 2.24) is 14.8 Å². The fourth-order valence-electron chi connectivity index (χ4n) is 3.74. The lowest BCUT2D eigenvalue weighted by Gasteiger charge is -2.14. The van der Waals surface area contributed by atoms with E-state index < -0.39 is 0 Å². The van der Waals surface area contributed by atoms with Crippen molar-refractivity contribution in [2.45, 2.75) is 38.5 Å². The van der Waals surface area contributed by atoms with Crippen molar-refractivity contribution in [2.24, 2.45) is 7.05 Å². The van der Waals surface area contributed by atoms with Gasteiger partial charge in [0.2, 0.25) is 5.91 Å². The second-order valence-electron chi connectivity index (χ2n) is 8.38. The van der Waals surface area contributed by atoms with Gasteiger partial charge in [0, 0.05) is 17.2 Å². The quantitative estimate of drug-likeness (QED) is 0.260. The number of hydrogen-bond acceptors (Lipinski definition) is 5. The van der Waals surface area contributed by atoms with Gasteiger partial charge in [-0.05, 0) is 59.0 Å². The van der Waals surface area contributed by atoms with Crippen LogP contribution in [0, 0.1) is 6.92 Å². The average molecular weight is 539 g/mol. The van der Waals surface area contributed by atoms with Gasteiger partial charge in [0.1, 0.15) is 12.4 Å². The molecule has 3 aromatic carbocycles. The number of nitrogens with one attached hydrogen (secondary N) is 1. The Labute approximate surface area is 212 Å². The highest BCUT2D eigenvalue weighted by molar-refractivity contribution is 9.10. The number of halogens is 1. The fraction of sp³-hybridized carbons (Fsp3) is 0.269. The number of amides is 1. The van der Waals surface area contributed by atoms with E-state index in [9.17, 15) is 4.79 Å². The molecule has 0 aliphatic carbocycles. The lowest BCUT2D eigenvalue weighted by molar-refractivity contribution is -0.113. The predicted octanol–water partition coefficient (Wildman–Crippen LogP) is 6.47. The van der Waals surface area contributed by atoms with Crippen molar-refractivity contribution in [3.63, 3.8) is 0 Å². The first-order valence-electron chi connectivity index (χ1n) is 11.0. The third-order valence-corrected chi connectivity index (χ3v) is 7.19. The summed E-state index contributed by atoms with van der Waals surface area (Å²) in [7, 11) is 1.89. The van der Waals surface area contributed by atoms with Crippen LogP contribution in [-0.4, -0.2) is 26.4 Å². The molecule has 1 amide bonds. The molecule has 6 nitrogen and oxygen atoms in total. The van der Waals surface area contributed by atoms with Crippen molar-refractivity contribution >= 4 is 50.1 Å². The second-order valence-corrected chi connectivity index (χ2v) is 10.2. The molecule has 0 saturated carbocycles. The van der Waals surface area contributed by atoms with E-state index >= 15 is 0 Å². The molecule has 0 unspecified atom stereocenters. The van der Waals surface area contributed by atoms with Gasteiger partial charge in [0.05, 0.1) is 5.75 Å². The van der Waals surface area contributed by atoms with Gasteiger partial charge in [-0.2, -0.15) is 0 Å². The van der Waals surface area contributed by atoms with Crippen LogP contribution in [0.1, 0.15) is 36.7 Å². The molecule has 1 heterocycles. The molecule has 34 heavy (non-hydrogen) atoms. The summed E-state index contributed by atoms with van der Waals surface area (Å²) in [5.41, 5.74) is 3.02. The molecule has 0 spiro atoms.